The Kier molecular flexibility index (Phi) is 1.58. The lowest BCUT2D eigenvalue weighted by atomic mass is 10.1. The van der Waals surface area contributed by atoms with Crippen LogP contribution in [0.15, 0.2) is 18.2 Å². The third kappa shape index (κ3) is 1.14. The van der Waals surface area contributed by atoms with Crippen LogP contribution in [0.25, 0.3) is 0 Å². The minimum atomic E-state index is -0.814. The van der Waals surface area contributed by atoms with Crippen molar-refractivity contribution in [1.82, 2.24) is 0 Å². The van der Waals surface area contributed by atoms with Gasteiger partial charge in [0.15, 0.2) is 0 Å². The zero-order chi connectivity index (χ0) is 10.6. The number of carbonyl (C=O) groups is 1. The second-order valence-corrected chi connectivity index (χ2v) is 4.05. The molecule has 15 heavy (non-hydrogen) atoms. The first-order chi connectivity index (χ1) is 7.18. The number of benzene rings is 1. The van der Waals surface area contributed by atoms with Crippen LogP contribution in [0.1, 0.15) is 11.5 Å². The van der Waals surface area contributed by atoms with Gasteiger partial charge in [0.1, 0.15) is 11.6 Å². The van der Waals surface area contributed by atoms with Gasteiger partial charge in [0.2, 0.25) is 0 Å². The standard InChI is InChI=1S/C11H9FO3/c12-5-1-2-8-6(3-5)9-7(4-15-8)10(9)11(13)14/h1-3,7,9-10H,4H2,(H,13,14)/t7-,9+,10?/m0/s1. The second-order valence-electron chi connectivity index (χ2n) is 4.05. The summed E-state index contributed by atoms with van der Waals surface area (Å²) in [6, 6.07) is 4.28. The highest BCUT2D eigenvalue weighted by Crippen LogP contribution is 2.58. The summed E-state index contributed by atoms with van der Waals surface area (Å²) in [5, 5.41) is 8.93. The molecule has 0 aromatic heterocycles. The minimum absolute atomic E-state index is 0.0248. The van der Waals surface area contributed by atoms with E-state index in [2.05, 4.69) is 0 Å². The van der Waals surface area contributed by atoms with Gasteiger partial charge in [-0.25, -0.2) is 4.39 Å². The lowest BCUT2D eigenvalue weighted by Crippen LogP contribution is -2.09. The third-order valence-corrected chi connectivity index (χ3v) is 3.22. The van der Waals surface area contributed by atoms with Crippen molar-refractivity contribution in [2.75, 3.05) is 6.61 Å². The van der Waals surface area contributed by atoms with Gasteiger partial charge in [-0.05, 0) is 18.2 Å². The summed E-state index contributed by atoms with van der Waals surface area (Å²) in [7, 11) is 0. The lowest BCUT2D eigenvalue weighted by molar-refractivity contribution is -0.139. The highest BCUT2D eigenvalue weighted by atomic mass is 19.1. The quantitative estimate of drug-likeness (QED) is 0.763. The van der Waals surface area contributed by atoms with E-state index in [-0.39, 0.29) is 17.7 Å². The van der Waals surface area contributed by atoms with Crippen LogP contribution in [0.3, 0.4) is 0 Å². The number of aliphatic carboxylic acids is 1. The molecule has 1 aromatic carbocycles. The zero-order valence-corrected chi connectivity index (χ0v) is 7.81. The molecule has 0 spiro atoms. The van der Waals surface area contributed by atoms with Crippen molar-refractivity contribution in [3.63, 3.8) is 0 Å². The summed E-state index contributed by atoms with van der Waals surface area (Å²) >= 11 is 0. The Hall–Kier alpha value is -1.58. The van der Waals surface area contributed by atoms with Crippen LogP contribution in [-0.4, -0.2) is 17.7 Å². The van der Waals surface area contributed by atoms with Crippen molar-refractivity contribution in [2.24, 2.45) is 11.8 Å². The van der Waals surface area contributed by atoms with Crippen LogP contribution in [0.5, 0.6) is 5.75 Å². The van der Waals surface area contributed by atoms with Crippen molar-refractivity contribution in [1.29, 1.82) is 0 Å². The summed E-state index contributed by atoms with van der Waals surface area (Å²) in [5.74, 6) is -0.951. The Morgan fingerprint density at radius 2 is 2.33 bits per heavy atom. The van der Waals surface area contributed by atoms with Crippen LogP contribution in [0.2, 0.25) is 0 Å². The molecule has 1 unspecified atom stereocenters. The molecule has 1 aliphatic heterocycles. The summed E-state index contributed by atoms with van der Waals surface area (Å²) in [6.07, 6.45) is 0. The van der Waals surface area contributed by atoms with Crippen molar-refractivity contribution < 1.29 is 19.0 Å². The maximum Gasteiger partial charge on any atom is 0.307 e. The van der Waals surface area contributed by atoms with E-state index >= 15 is 0 Å². The molecule has 1 fully saturated rings. The molecule has 3 nitrogen and oxygen atoms in total. The van der Waals surface area contributed by atoms with E-state index in [9.17, 15) is 9.18 Å². The Balaban J connectivity index is 2.02. The molecular weight excluding hydrogens is 199 g/mol. The van der Waals surface area contributed by atoms with Crippen LogP contribution < -0.4 is 4.74 Å². The topological polar surface area (TPSA) is 46.5 Å². The van der Waals surface area contributed by atoms with E-state index in [0.29, 0.717) is 17.9 Å². The Labute approximate surface area is 85.5 Å². The number of hydrogen-bond acceptors (Lipinski definition) is 2. The van der Waals surface area contributed by atoms with Gasteiger partial charge in [0.05, 0.1) is 12.5 Å². The van der Waals surface area contributed by atoms with E-state index in [1.54, 1.807) is 6.07 Å². The molecule has 3 rings (SSSR count). The monoisotopic (exact) mass is 208 g/mol. The minimum Gasteiger partial charge on any atom is -0.493 e. The van der Waals surface area contributed by atoms with Crippen molar-refractivity contribution in [3.8, 4) is 5.75 Å². The van der Waals surface area contributed by atoms with Gasteiger partial charge in [0.25, 0.3) is 0 Å². The molecule has 4 heteroatoms. The highest BCUT2D eigenvalue weighted by molar-refractivity contribution is 5.77. The van der Waals surface area contributed by atoms with Crippen LogP contribution in [-0.2, 0) is 4.79 Å². The summed E-state index contributed by atoms with van der Waals surface area (Å²) in [5.41, 5.74) is 0.707. The van der Waals surface area contributed by atoms with E-state index < -0.39 is 11.9 Å². The summed E-state index contributed by atoms with van der Waals surface area (Å²) in [4.78, 5) is 10.9. The molecule has 0 amide bonds. The Morgan fingerprint density at radius 1 is 1.53 bits per heavy atom. The molecule has 0 bridgehead atoms. The molecule has 1 aliphatic carbocycles. The molecule has 3 atom stereocenters. The van der Waals surface area contributed by atoms with Crippen molar-refractivity contribution in [2.45, 2.75) is 5.92 Å². The molecule has 1 saturated carbocycles. The zero-order valence-electron chi connectivity index (χ0n) is 7.81. The predicted molar refractivity (Wildman–Crippen MR) is 49.3 cm³/mol. The summed E-state index contributed by atoms with van der Waals surface area (Å²) in [6.45, 7) is 0.431. The smallest absolute Gasteiger partial charge is 0.307 e. The van der Waals surface area contributed by atoms with E-state index in [1.165, 1.54) is 12.1 Å². The third-order valence-electron chi connectivity index (χ3n) is 3.22. The maximum absolute atomic E-state index is 13.0. The number of halogens is 1. The van der Waals surface area contributed by atoms with Gasteiger partial charge < -0.3 is 9.84 Å². The first kappa shape index (κ1) is 8.71. The molecule has 78 valence electrons. The van der Waals surface area contributed by atoms with Crippen LogP contribution in [0, 0.1) is 17.7 Å². The summed E-state index contributed by atoms with van der Waals surface area (Å²) < 4.78 is 18.4. The van der Waals surface area contributed by atoms with Gasteiger partial charge in [-0.1, -0.05) is 0 Å². The first-order valence-electron chi connectivity index (χ1n) is 4.83. The molecular formula is C11H9FO3. The number of ether oxygens (including phenoxy) is 1. The number of hydrogen-bond donors (Lipinski definition) is 1. The molecule has 0 radical (unpaired) electrons. The van der Waals surface area contributed by atoms with Crippen molar-refractivity contribution in [3.05, 3.63) is 29.6 Å². The van der Waals surface area contributed by atoms with Crippen LogP contribution in [0.4, 0.5) is 4.39 Å². The van der Waals surface area contributed by atoms with Crippen LogP contribution >= 0.6 is 0 Å². The van der Waals surface area contributed by atoms with E-state index in [1.807, 2.05) is 0 Å². The average Bonchev–Trinajstić information content (AvgIpc) is 2.92. The largest absolute Gasteiger partial charge is 0.493 e. The molecule has 1 aromatic rings. The van der Waals surface area contributed by atoms with E-state index in [0.717, 1.165) is 0 Å². The Bertz CT molecular complexity index is 443. The molecule has 2 aliphatic rings. The van der Waals surface area contributed by atoms with Gasteiger partial charge in [-0.15, -0.1) is 0 Å². The fourth-order valence-corrected chi connectivity index (χ4v) is 2.44. The average molecular weight is 208 g/mol. The highest BCUT2D eigenvalue weighted by Gasteiger charge is 2.59. The second kappa shape index (κ2) is 2.72. The maximum atomic E-state index is 13.0. The van der Waals surface area contributed by atoms with Gasteiger partial charge in [0, 0.05) is 17.4 Å². The number of carboxylic acid groups (broad SMARTS) is 1. The number of fused-ring (bicyclic) bond motifs is 3. The van der Waals surface area contributed by atoms with Gasteiger partial charge in [-0.3, -0.25) is 4.79 Å². The van der Waals surface area contributed by atoms with Gasteiger partial charge >= 0.3 is 5.97 Å². The van der Waals surface area contributed by atoms with Crippen molar-refractivity contribution >= 4 is 5.97 Å². The first-order valence-corrected chi connectivity index (χ1v) is 4.83. The fourth-order valence-electron chi connectivity index (χ4n) is 2.44. The van der Waals surface area contributed by atoms with Gasteiger partial charge in [-0.2, -0.15) is 0 Å². The lowest BCUT2D eigenvalue weighted by Gasteiger charge is -2.15. The molecule has 1 N–H and O–H groups in total. The predicted octanol–water partition coefficient (Wildman–Crippen LogP) is 1.63. The van der Waals surface area contributed by atoms with E-state index in [4.69, 9.17) is 9.84 Å². The number of carboxylic acids is 1. The SMILES string of the molecule is O=C(O)C1[C@H]2COc3ccc(F)cc3[C@@H]12. The Morgan fingerprint density at radius 3 is 3.07 bits per heavy atom. The number of rotatable bonds is 1. The molecule has 0 saturated heterocycles. The fraction of sp³-hybridized carbons (Fsp3) is 0.364. The normalized spacial score (nSPS) is 31.1. The molecule has 1 heterocycles.